The van der Waals surface area contributed by atoms with Gasteiger partial charge < -0.3 is 11.1 Å². The maximum atomic E-state index is 11.8. The first-order valence-corrected chi connectivity index (χ1v) is 6.25. The van der Waals surface area contributed by atoms with Crippen molar-refractivity contribution in [1.82, 2.24) is 5.32 Å². The van der Waals surface area contributed by atoms with Gasteiger partial charge in [-0.2, -0.15) is 0 Å². The third-order valence-corrected chi connectivity index (χ3v) is 3.85. The van der Waals surface area contributed by atoms with E-state index in [1.165, 1.54) is 32.1 Å². The normalized spacial score (nSPS) is 24.9. The molecule has 0 radical (unpaired) electrons. The lowest BCUT2D eigenvalue weighted by Gasteiger charge is -2.22. The Morgan fingerprint density at radius 1 is 1.27 bits per heavy atom. The van der Waals surface area contributed by atoms with Gasteiger partial charge >= 0.3 is 0 Å². The Labute approximate surface area is 91.8 Å². The Kier molecular flexibility index (Phi) is 3.29. The number of carbonyl (C=O) groups is 1. The highest BCUT2D eigenvalue weighted by molar-refractivity contribution is 5.77. The molecule has 0 aromatic heterocycles. The number of nitrogens with two attached hydrogens (primary N) is 1. The molecule has 0 aliphatic heterocycles. The summed E-state index contributed by atoms with van der Waals surface area (Å²) in [5.74, 6) is 0.858. The van der Waals surface area contributed by atoms with E-state index in [9.17, 15) is 4.79 Å². The Morgan fingerprint density at radius 3 is 2.47 bits per heavy atom. The number of hydrogen-bond acceptors (Lipinski definition) is 2. The van der Waals surface area contributed by atoms with Crippen molar-refractivity contribution in [3.63, 3.8) is 0 Å². The van der Waals surface area contributed by atoms with Gasteiger partial charge in [0.15, 0.2) is 0 Å². The number of hydrogen-bond donors (Lipinski definition) is 2. The van der Waals surface area contributed by atoms with Crippen molar-refractivity contribution in [1.29, 1.82) is 0 Å². The molecule has 2 rings (SSSR count). The highest BCUT2D eigenvalue weighted by Gasteiger charge is 2.42. The van der Waals surface area contributed by atoms with Gasteiger partial charge in [0.1, 0.15) is 0 Å². The van der Waals surface area contributed by atoms with Crippen molar-refractivity contribution in [2.75, 3.05) is 6.54 Å². The monoisotopic (exact) mass is 210 g/mol. The largest absolute Gasteiger partial charge is 0.349 e. The summed E-state index contributed by atoms with van der Waals surface area (Å²) in [6.07, 6.45) is 9.30. The smallest absolute Gasteiger partial charge is 0.220 e. The van der Waals surface area contributed by atoms with Crippen LogP contribution >= 0.6 is 0 Å². The first kappa shape index (κ1) is 10.9. The Hall–Kier alpha value is -0.570. The summed E-state index contributed by atoms with van der Waals surface area (Å²) in [5, 5.41) is 3.10. The molecule has 3 N–H and O–H groups in total. The van der Waals surface area contributed by atoms with Gasteiger partial charge in [-0.3, -0.25) is 4.79 Å². The molecule has 3 heteroatoms. The predicted octanol–water partition coefficient (Wildman–Crippen LogP) is 1.56. The molecule has 0 aromatic rings. The topological polar surface area (TPSA) is 55.1 Å². The van der Waals surface area contributed by atoms with E-state index < -0.39 is 0 Å². The average molecular weight is 210 g/mol. The molecule has 0 unspecified atom stereocenters. The second kappa shape index (κ2) is 4.52. The zero-order valence-electron chi connectivity index (χ0n) is 9.43. The molecule has 2 saturated carbocycles. The molecule has 2 aliphatic carbocycles. The first-order chi connectivity index (χ1) is 7.24. The van der Waals surface area contributed by atoms with Crippen LogP contribution in [0.2, 0.25) is 0 Å². The van der Waals surface area contributed by atoms with Crippen LogP contribution in [0.1, 0.15) is 51.4 Å². The van der Waals surface area contributed by atoms with Crippen LogP contribution in [-0.4, -0.2) is 18.0 Å². The van der Waals surface area contributed by atoms with Gasteiger partial charge in [0.05, 0.1) is 5.54 Å². The maximum Gasteiger partial charge on any atom is 0.220 e. The van der Waals surface area contributed by atoms with Crippen molar-refractivity contribution in [3.8, 4) is 0 Å². The molecular formula is C12H22N2O. The fourth-order valence-corrected chi connectivity index (χ4v) is 2.53. The van der Waals surface area contributed by atoms with E-state index in [1.807, 2.05) is 0 Å². The molecule has 0 saturated heterocycles. The van der Waals surface area contributed by atoms with Gasteiger partial charge in [-0.1, -0.05) is 19.3 Å². The summed E-state index contributed by atoms with van der Waals surface area (Å²) < 4.78 is 0. The van der Waals surface area contributed by atoms with Gasteiger partial charge in [-0.15, -0.1) is 0 Å². The van der Waals surface area contributed by atoms with Crippen molar-refractivity contribution in [3.05, 3.63) is 0 Å². The van der Waals surface area contributed by atoms with E-state index in [2.05, 4.69) is 5.32 Å². The minimum Gasteiger partial charge on any atom is -0.349 e. The average Bonchev–Trinajstić information content (AvgIpc) is 3.00. The lowest BCUT2D eigenvalue weighted by molar-refractivity contribution is -0.123. The van der Waals surface area contributed by atoms with E-state index in [-0.39, 0.29) is 11.4 Å². The summed E-state index contributed by atoms with van der Waals surface area (Å²) in [6, 6.07) is 0. The van der Waals surface area contributed by atoms with Crippen LogP contribution in [0.5, 0.6) is 0 Å². The standard InChI is InChI=1S/C12H22N2O/c13-9-12(6-7-12)14-11(15)8-10-4-2-1-3-5-10/h10H,1-9,13H2,(H,14,15). The van der Waals surface area contributed by atoms with Gasteiger partial charge in [0.2, 0.25) is 5.91 Å². The summed E-state index contributed by atoms with van der Waals surface area (Å²) in [4.78, 5) is 11.8. The van der Waals surface area contributed by atoms with E-state index >= 15 is 0 Å². The van der Waals surface area contributed by atoms with E-state index in [0.29, 0.717) is 12.5 Å². The maximum absolute atomic E-state index is 11.8. The minimum absolute atomic E-state index is 0.00818. The molecular weight excluding hydrogens is 188 g/mol. The van der Waals surface area contributed by atoms with E-state index in [4.69, 9.17) is 5.73 Å². The zero-order valence-corrected chi connectivity index (χ0v) is 9.43. The lowest BCUT2D eigenvalue weighted by atomic mass is 9.87. The van der Waals surface area contributed by atoms with Crippen molar-refractivity contribution in [2.45, 2.75) is 56.9 Å². The van der Waals surface area contributed by atoms with Crippen LogP contribution in [-0.2, 0) is 4.79 Å². The van der Waals surface area contributed by atoms with Gasteiger partial charge in [-0.25, -0.2) is 0 Å². The lowest BCUT2D eigenvalue weighted by Crippen LogP contribution is -2.43. The van der Waals surface area contributed by atoms with Crippen molar-refractivity contribution in [2.24, 2.45) is 11.7 Å². The fraction of sp³-hybridized carbons (Fsp3) is 0.917. The summed E-state index contributed by atoms with van der Waals surface area (Å²) >= 11 is 0. The zero-order chi connectivity index (χ0) is 10.7. The number of rotatable bonds is 4. The molecule has 0 spiro atoms. The Bertz CT molecular complexity index is 230. The van der Waals surface area contributed by atoms with Crippen LogP contribution in [0.15, 0.2) is 0 Å². The molecule has 3 nitrogen and oxygen atoms in total. The third-order valence-electron chi connectivity index (χ3n) is 3.85. The second-order valence-electron chi connectivity index (χ2n) is 5.24. The molecule has 0 aromatic carbocycles. The molecule has 1 amide bonds. The Morgan fingerprint density at radius 2 is 1.93 bits per heavy atom. The summed E-state index contributed by atoms with van der Waals surface area (Å²) in [7, 11) is 0. The van der Waals surface area contributed by atoms with Crippen LogP contribution in [0.3, 0.4) is 0 Å². The molecule has 0 bridgehead atoms. The van der Waals surface area contributed by atoms with Gasteiger partial charge in [-0.05, 0) is 31.6 Å². The number of nitrogens with one attached hydrogen (secondary N) is 1. The predicted molar refractivity (Wildman–Crippen MR) is 60.4 cm³/mol. The molecule has 15 heavy (non-hydrogen) atoms. The second-order valence-corrected chi connectivity index (χ2v) is 5.24. The highest BCUT2D eigenvalue weighted by Crippen LogP contribution is 2.34. The molecule has 86 valence electrons. The van der Waals surface area contributed by atoms with Crippen molar-refractivity contribution >= 4 is 5.91 Å². The van der Waals surface area contributed by atoms with Gasteiger partial charge in [0, 0.05) is 13.0 Å². The van der Waals surface area contributed by atoms with Crippen molar-refractivity contribution < 1.29 is 4.79 Å². The Balaban J connectivity index is 1.72. The molecule has 0 atom stereocenters. The highest BCUT2D eigenvalue weighted by atomic mass is 16.1. The summed E-state index contributed by atoms with van der Waals surface area (Å²) in [6.45, 7) is 0.601. The molecule has 0 heterocycles. The van der Waals surface area contributed by atoms with Crippen LogP contribution < -0.4 is 11.1 Å². The SMILES string of the molecule is NCC1(NC(=O)CC2CCCCC2)CC1. The first-order valence-electron chi connectivity index (χ1n) is 6.25. The molecule has 2 aliphatic rings. The number of amides is 1. The quantitative estimate of drug-likeness (QED) is 0.740. The van der Waals surface area contributed by atoms with Crippen LogP contribution in [0.25, 0.3) is 0 Å². The number of carbonyl (C=O) groups excluding carboxylic acids is 1. The third kappa shape index (κ3) is 2.94. The van der Waals surface area contributed by atoms with E-state index in [0.717, 1.165) is 19.3 Å². The minimum atomic E-state index is -0.00818. The summed E-state index contributed by atoms with van der Waals surface area (Å²) in [5.41, 5.74) is 5.63. The van der Waals surface area contributed by atoms with Crippen LogP contribution in [0.4, 0.5) is 0 Å². The molecule has 2 fully saturated rings. The van der Waals surface area contributed by atoms with Crippen LogP contribution in [0, 0.1) is 5.92 Å². The fourth-order valence-electron chi connectivity index (χ4n) is 2.53. The van der Waals surface area contributed by atoms with E-state index in [1.54, 1.807) is 0 Å². The van der Waals surface area contributed by atoms with Gasteiger partial charge in [0.25, 0.3) is 0 Å².